The van der Waals surface area contributed by atoms with Crippen LogP contribution in [-0.4, -0.2) is 23.7 Å². The van der Waals surface area contributed by atoms with Crippen molar-refractivity contribution in [1.29, 1.82) is 0 Å². The molecule has 2 amide bonds. The number of nitrogens with zero attached hydrogens (tertiary/aromatic N) is 1. The third-order valence-electron chi connectivity index (χ3n) is 2.76. The highest BCUT2D eigenvalue weighted by Crippen LogP contribution is 2.26. The van der Waals surface area contributed by atoms with Gasteiger partial charge >= 0.3 is 12.2 Å². The number of alkyl halides is 3. The molecule has 122 valence electrons. The van der Waals surface area contributed by atoms with Crippen molar-refractivity contribution in [3.8, 4) is 11.5 Å². The third kappa shape index (κ3) is 5.50. The van der Waals surface area contributed by atoms with Crippen LogP contribution in [0.2, 0.25) is 0 Å². The molecule has 0 aliphatic heterocycles. The number of halogens is 3. The molecule has 0 bridgehead atoms. The molecule has 23 heavy (non-hydrogen) atoms. The number of hydrogen-bond donors (Lipinski definition) is 2. The van der Waals surface area contributed by atoms with E-state index in [1.54, 1.807) is 48.9 Å². The molecule has 1 aromatic carbocycles. The number of carbonyl (C=O) groups is 1. The Bertz CT molecular complexity index is 675. The highest BCUT2D eigenvalue weighted by atomic mass is 19.4. The Balaban J connectivity index is 1.98. The number of pyridine rings is 1. The number of carbonyl (C=O) groups excluding carboxylic acids is 1. The monoisotopic (exact) mass is 325 g/mol. The van der Waals surface area contributed by atoms with Crippen LogP contribution in [0.5, 0.6) is 11.5 Å². The second kappa shape index (κ2) is 6.99. The smallest absolute Gasteiger partial charge is 0.405 e. The van der Waals surface area contributed by atoms with E-state index in [9.17, 15) is 18.0 Å². The van der Waals surface area contributed by atoms with Crippen molar-refractivity contribution in [2.75, 3.05) is 11.9 Å². The van der Waals surface area contributed by atoms with Gasteiger partial charge in [0.25, 0.3) is 0 Å². The standard InChI is InChI=1S/C15H14F3N3O2/c1-10-8-11(21-14(22)20-9-15(16,17)18)2-3-13(10)23-12-4-6-19-7-5-12/h2-8H,9H2,1H3,(H2,20,21,22). The topological polar surface area (TPSA) is 63.2 Å². The molecule has 1 aromatic heterocycles. The van der Waals surface area contributed by atoms with Crippen molar-refractivity contribution >= 4 is 11.7 Å². The Labute approximate surface area is 130 Å². The number of anilines is 1. The van der Waals surface area contributed by atoms with Crippen LogP contribution < -0.4 is 15.4 Å². The van der Waals surface area contributed by atoms with Crippen LogP contribution in [0.25, 0.3) is 0 Å². The molecule has 8 heteroatoms. The highest BCUT2D eigenvalue weighted by molar-refractivity contribution is 5.89. The molecule has 0 saturated carbocycles. The van der Waals surface area contributed by atoms with E-state index in [2.05, 4.69) is 10.3 Å². The maximum Gasteiger partial charge on any atom is 0.405 e. The average molecular weight is 325 g/mol. The largest absolute Gasteiger partial charge is 0.457 e. The Morgan fingerprint density at radius 1 is 1.22 bits per heavy atom. The first-order chi connectivity index (χ1) is 10.8. The first kappa shape index (κ1) is 16.6. The molecule has 0 fully saturated rings. The van der Waals surface area contributed by atoms with Gasteiger partial charge in [0.15, 0.2) is 0 Å². The van der Waals surface area contributed by atoms with Crippen LogP contribution in [0, 0.1) is 6.92 Å². The minimum Gasteiger partial charge on any atom is -0.457 e. The lowest BCUT2D eigenvalue weighted by Crippen LogP contribution is -2.36. The summed E-state index contributed by atoms with van der Waals surface area (Å²) >= 11 is 0. The van der Waals surface area contributed by atoms with Crippen molar-refractivity contribution in [2.24, 2.45) is 0 Å². The molecule has 2 rings (SSSR count). The molecule has 1 heterocycles. The molecule has 2 N–H and O–H groups in total. The van der Waals surface area contributed by atoms with E-state index in [1.165, 1.54) is 6.07 Å². The zero-order valence-corrected chi connectivity index (χ0v) is 12.1. The van der Waals surface area contributed by atoms with Gasteiger partial charge in [-0.15, -0.1) is 0 Å². The van der Waals surface area contributed by atoms with Crippen LogP contribution >= 0.6 is 0 Å². The van der Waals surface area contributed by atoms with Crippen LogP contribution in [0.4, 0.5) is 23.7 Å². The summed E-state index contributed by atoms with van der Waals surface area (Å²) in [6.07, 6.45) is -1.27. The molecule has 5 nitrogen and oxygen atoms in total. The number of rotatable bonds is 4. The Kier molecular flexibility index (Phi) is 5.05. The number of aryl methyl sites for hydroxylation is 1. The van der Waals surface area contributed by atoms with Crippen molar-refractivity contribution in [1.82, 2.24) is 10.3 Å². The van der Waals surface area contributed by atoms with Crippen LogP contribution in [0.3, 0.4) is 0 Å². The summed E-state index contributed by atoms with van der Waals surface area (Å²) < 4.78 is 41.7. The fourth-order valence-corrected chi connectivity index (χ4v) is 1.73. The summed E-state index contributed by atoms with van der Waals surface area (Å²) in [5.41, 5.74) is 1.08. The first-order valence-corrected chi connectivity index (χ1v) is 6.63. The third-order valence-corrected chi connectivity index (χ3v) is 2.76. The van der Waals surface area contributed by atoms with E-state index in [0.29, 0.717) is 17.2 Å². The Morgan fingerprint density at radius 2 is 1.91 bits per heavy atom. The zero-order valence-electron chi connectivity index (χ0n) is 12.1. The summed E-state index contributed by atoms with van der Waals surface area (Å²) in [6, 6.07) is 7.21. The van der Waals surface area contributed by atoms with Crippen LogP contribution in [0.15, 0.2) is 42.7 Å². The lowest BCUT2D eigenvalue weighted by Gasteiger charge is -2.12. The molecule has 0 spiro atoms. The average Bonchev–Trinajstić information content (AvgIpc) is 2.48. The summed E-state index contributed by atoms with van der Waals surface area (Å²) in [5, 5.41) is 4.06. The fourth-order valence-electron chi connectivity index (χ4n) is 1.73. The number of aromatic nitrogens is 1. The maximum absolute atomic E-state index is 12.0. The molecular formula is C15H14F3N3O2. The lowest BCUT2D eigenvalue weighted by molar-refractivity contribution is -0.122. The summed E-state index contributed by atoms with van der Waals surface area (Å²) in [6.45, 7) is 0.371. The van der Waals surface area contributed by atoms with Gasteiger partial charge in [0, 0.05) is 18.1 Å². The van der Waals surface area contributed by atoms with Gasteiger partial charge in [0.05, 0.1) is 0 Å². The number of ether oxygens (including phenoxy) is 1. The van der Waals surface area contributed by atoms with E-state index in [1.807, 2.05) is 0 Å². The Morgan fingerprint density at radius 3 is 2.52 bits per heavy atom. The molecule has 0 aliphatic rings. The van der Waals surface area contributed by atoms with E-state index in [4.69, 9.17) is 4.74 Å². The minimum atomic E-state index is -4.45. The molecule has 0 unspecified atom stereocenters. The van der Waals surface area contributed by atoms with E-state index in [-0.39, 0.29) is 0 Å². The lowest BCUT2D eigenvalue weighted by atomic mass is 10.2. The van der Waals surface area contributed by atoms with Crippen molar-refractivity contribution in [3.63, 3.8) is 0 Å². The van der Waals surface area contributed by atoms with Crippen LogP contribution in [0.1, 0.15) is 5.56 Å². The minimum absolute atomic E-state index is 0.365. The fraction of sp³-hybridized carbons (Fsp3) is 0.200. The number of urea groups is 1. The molecule has 0 atom stereocenters. The Hall–Kier alpha value is -2.77. The van der Waals surface area contributed by atoms with Gasteiger partial charge in [-0.2, -0.15) is 13.2 Å². The van der Waals surface area contributed by atoms with Gasteiger partial charge in [-0.25, -0.2) is 4.79 Å². The molecule has 0 radical (unpaired) electrons. The van der Waals surface area contributed by atoms with Gasteiger partial charge in [0.2, 0.25) is 0 Å². The summed E-state index contributed by atoms with van der Waals surface area (Å²) in [7, 11) is 0. The van der Waals surface area contributed by atoms with Gasteiger partial charge in [-0.05, 0) is 42.8 Å². The van der Waals surface area contributed by atoms with Crippen LogP contribution in [-0.2, 0) is 0 Å². The normalized spacial score (nSPS) is 11.0. The molecule has 2 aromatic rings. The van der Waals surface area contributed by atoms with Gasteiger partial charge < -0.3 is 15.4 Å². The predicted molar refractivity (Wildman–Crippen MR) is 78.6 cm³/mol. The van der Waals surface area contributed by atoms with Gasteiger partial charge in [-0.1, -0.05) is 0 Å². The summed E-state index contributed by atoms with van der Waals surface area (Å²) in [4.78, 5) is 15.3. The maximum atomic E-state index is 12.0. The van der Waals surface area contributed by atoms with E-state index in [0.717, 1.165) is 5.56 Å². The molecular weight excluding hydrogens is 311 g/mol. The summed E-state index contributed by atoms with van der Waals surface area (Å²) in [5.74, 6) is 1.17. The molecule has 0 saturated heterocycles. The molecule has 0 aliphatic carbocycles. The van der Waals surface area contributed by atoms with Crippen molar-refractivity contribution in [2.45, 2.75) is 13.1 Å². The second-order valence-corrected chi connectivity index (χ2v) is 4.69. The number of benzene rings is 1. The van der Waals surface area contributed by atoms with E-state index >= 15 is 0 Å². The second-order valence-electron chi connectivity index (χ2n) is 4.69. The predicted octanol–water partition coefficient (Wildman–Crippen LogP) is 3.87. The van der Waals surface area contributed by atoms with Gasteiger partial charge in [0.1, 0.15) is 18.0 Å². The SMILES string of the molecule is Cc1cc(NC(=O)NCC(F)(F)F)ccc1Oc1ccncc1. The van der Waals surface area contributed by atoms with Gasteiger partial charge in [-0.3, -0.25) is 4.98 Å². The number of hydrogen-bond acceptors (Lipinski definition) is 3. The zero-order chi connectivity index (χ0) is 16.9. The first-order valence-electron chi connectivity index (χ1n) is 6.63. The van der Waals surface area contributed by atoms with Crippen molar-refractivity contribution < 1.29 is 22.7 Å². The number of nitrogens with one attached hydrogen (secondary N) is 2. The van der Waals surface area contributed by atoms with Crippen molar-refractivity contribution in [3.05, 3.63) is 48.3 Å². The number of amides is 2. The highest BCUT2D eigenvalue weighted by Gasteiger charge is 2.27. The van der Waals surface area contributed by atoms with E-state index < -0.39 is 18.8 Å². The quantitative estimate of drug-likeness (QED) is 0.897.